The molecule has 1 amide bonds. The average Bonchev–Trinajstić information content (AvgIpc) is 3.37. The monoisotopic (exact) mass is 423 g/mol. The van der Waals surface area contributed by atoms with Crippen LogP contribution in [-0.4, -0.2) is 30.8 Å². The highest BCUT2D eigenvalue weighted by Gasteiger charge is 2.24. The van der Waals surface area contributed by atoms with Gasteiger partial charge in [0.1, 0.15) is 6.54 Å². The summed E-state index contributed by atoms with van der Waals surface area (Å²) >= 11 is 5.68. The molecule has 1 N–H and O–H groups in total. The molecule has 0 unspecified atom stereocenters. The molecule has 3 aromatic rings. The molecule has 0 radical (unpaired) electrons. The van der Waals surface area contributed by atoms with Crippen molar-refractivity contribution in [3.63, 3.8) is 0 Å². The van der Waals surface area contributed by atoms with Crippen LogP contribution in [-0.2, 0) is 11.3 Å². The summed E-state index contributed by atoms with van der Waals surface area (Å²) in [6.45, 7) is 1.54. The van der Waals surface area contributed by atoms with Crippen molar-refractivity contribution >= 4 is 29.6 Å². The number of hydrogen-bond acceptors (Lipinski definition) is 4. The molecule has 30 heavy (non-hydrogen) atoms. The number of rotatable bonds is 6. The molecule has 7 nitrogen and oxygen atoms in total. The molecule has 0 bridgehead atoms. The minimum absolute atomic E-state index is 0.00928. The summed E-state index contributed by atoms with van der Waals surface area (Å²) in [5, 5.41) is 7.61. The number of nitrogens with zero attached hydrogens (tertiary/aromatic N) is 4. The fourth-order valence-electron chi connectivity index (χ4n) is 3.94. The van der Waals surface area contributed by atoms with E-state index in [1.165, 1.54) is 26.2 Å². The molecule has 1 aliphatic rings. The molecule has 0 aliphatic heterocycles. The summed E-state index contributed by atoms with van der Waals surface area (Å²) in [5.74, 6) is 1.03. The fourth-order valence-corrected chi connectivity index (χ4v) is 4.23. The minimum atomic E-state index is -0.214. The molecule has 1 fully saturated rings. The first kappa shape index (κ1) is 20.3. The lowest BCUT2D eigenvalue weighted by Gasteiger charge is -2.21. The normalized spacial score (nSPS) is 14.6. The second kappa shape index (κ2) is 8.79. The highest BCUT2D eigenvalue weighted by molar-refractivity contribution is 7.71. The van der Waals surface area contributed by atoms with E-state index in [0.717, 1.165) is 18.7 Å². The Labute approximate surface area is 180 Å². The molecule has 1 saturated carbocycles. The van der Waals surface area contributed by atoms with Crippen LogP contribution in [0.4, 0.5) is 5.69 Å². The Morgan fingerprint density at radius 2 is 1.77 bits per heavy atom. The van der Waals surface area contributed by atoms with E-state index in [2.05, 4.69) is 5.32 Å². The highest BCUT2D eigenvalue weighted by atomic mass is 32.1. The number of Topliss-reactive ketones (excluding diaryl/α,β-unsaturated/α-hetero) is 1. The molecular formula is C22H25N5O2S. The molecule has 8 heteroatoms. The van der Waals surface area contributed by atoms with Gasteiger partial charge in [0, 0.05) is 29.6 Å². The van der Waals surface area contributed by atoms with Crippen LogP contribution in [0.2, 0.25) is 0 Å². The van der Waals surface area contributed by atoms with E-state index in [9.17, 15) is 9.59 Å². The predicted octanol–water partition coefficient (Wildman–Crippen LogP) is 4.42. The molecule has 156 valence electrons. The highest BCUT2D eigenvalue weighted by Crippen LogP contribution is 2.32. The SMILES string of the molecule is CC(=O)c1ccc(NC(=O)Cn2nc(C3CCCCC3)n(-n3cccc3)c2=S)cc1. The van der Waals surface area contributed by atoms with Crippen LogP contribution in [0.3, 0.4) is 0 Å². The summed E-state index contributed by atoms with van der Waals surface area (Å²) < 4.78 is 5.95. The van der Waals surface area contributed by atoms with E-state index in [1.807, 2.05) is 33.9 Å². The van der Waals surface area contributed by atoms with Crippen molar-refractivity contribution in [3.8, 4) is 0 Å². The van der Waals surface area contributed by atoms with Crippen LogP contribution < -0.4 is 5.32 Å². The molecular weight excluding hydrogens is 398 g/mol. The van der Waals surface area contributed by atoms with Crippen LogP contribution in [0.25, 0.3) is 0 Å². The predicted molar refractivity (Wildman–Crippen MR) is 117 cm³/mol. The van der Waals surface area contributed by atoms with E-state index in [-0.39, 0.29) is 18.2 Å². The van der Waals surface area contributed by atoms with Crippen molar-refractivity contribution in [1.82, 2.24) is 19.1 Å². The Morgan fingerprint density at radius 1 is 1.10 bits per heavy atom. The van der Waals surface area contributed by atoms with Crippen molar-refractivity contribution in [2.24, 2.45) is 0 Å². The van der Waals surface area contributed by atoms with Crippen LogP contribution in [0.1, 0.15) is 61.1 Å². The van der Waals surface area contributed by atoms with Gasteiger partial charge in [0.15, 0.2) is 11.6 Å². The van der Waals surface area contributed by atoms with Gasteiger partial charge in [-0.05, 0) is 68.4 Å². The topological polar surface area (TPSA) is 73.8 Å². The van der Waals surface area contributed by atoms with E-state index < -0.39 is 0 Å². The second-order valence-electron chi connectivity index (χ2n) is 7.69. The van der Waals surface area contributed by atoms with Gasteiger partial charge in [-0.1, -0.05) is 19.3 Å². The maximum atomic E-state index is 12.6. The Kier molecular flexibility index (Phi) is 5.94. The summed E-state index contributed by atoms with van der Waals surface area (Å²) in [5.41, 5.74) is 1.24. The van der Waals surface area contributed by atoms with Gasteiger partial charge in [-0.25, -0.2) is 9.36 Å². The Bertz CT molecular complexity index is 1090. The smallest absolute Gasteiger partial charge is 0.246 e. The third-order valence-electron chi connectivity index (χ3n) is 5.50. The minimum Gasteiger partial charge on any atom is -0.324 e. The van der Waals surface area contributed by atoms with Gasteiger partial charge < -0.3 is 5.32 Å². The maximum Gasteiger partial charge on any atom is 0.246 e. The van der Waals surface area contributed by atoms with Crippen molar-refractivity contribution < 1.29 is 9.59 Å². The summed E-state index contributed by atoms with van der Waals surface area (Å²) in [6.07, 6.45) is 9.67. The second-order valence-corrected chi connectivity index (χ2v) is 8.06. The zero-order valence-corrected chi connectivity index (χ0v) is 17.8. The Balaban J connectivity index is 1.57. The molecule has 4 rings (SSSR count). The van der Waals surface area contributed by atoms with E-state index in [1.54, 1.807) is 28.9 Å². The first-order chi connectivity index (χ1) is 14.5. The van der Waals surface area contributed by atoms with Gasteiger partial charge in [-0.2, -0.15) is 5.10 Å². The third kappa shape index (κ3) is 4.28. The first-order valence-corrected chi connectivity index (χ1v) is 10.7. The molecule has 2 heterocycles. The van der Waals surface area contributed by atoms with Gasteiger partial charge in [-0.3, -0.25) is 14.3 Å². The molecule has 0 atom stereocenters. The number of hydrogen-bond donors (Lipinski definition) is 1. The van der Waals surface area contributed by atoms with E-state index in [0.29, 0.717) is 21.9 Å². The standard InChI is InChI=1S/C22H25N5O2S/c1-16(28)17-9-11-19(12-10-17)23-20(29)15-26-22(30)27(25-13-5-6-14-25)21(24-26)18-7-3-2-4-8-18/h5-6,9-14,18H,2-4,7-8,15H2,1H3,(H,23,29). The number of carbonyl (C=O) groups is 2. The lowest BCUT2D eigenvalue weighted by molar-refractivity contribution is -0.116. The number of nitrogens with one attached hydrogen (secondary N) is 1. The lowest BCUT2D eigenvalue weighted by atomic mass is 9.89. The Hall–Kier alpha value is -3.00. The number of aromatic nitrogens is 4. The number of amides is 1. The summed E-state index contributed by atoms with van der Waals surface area (Å²) in [4.78, 5) is 24.0. The molecule has 1 aromatic carbocycles. The largest absolute Gasteiger partial charge is 0.324 e. The van der Waals surface area contributed by atoms with Gasteiger partial charge in [-0.15, -0.1) is 0 Å². The third-order valence-corrected chi connectivity index (χ3v) is 5.88. The summed E-state index contributed by atoms with van der Waals surface area (Å²) in [6, 6.07) is 10.7. The Morgan fingerprint density at radius 3 is 2.40 bits per heavy atom. The summed E-state index contributed by atoms with van der Waals surface area (Å²) in [7, 11) is 0. The quantitative estimate of drug-likeness (QED) is 0.471. The number of ketones is 1. The van der Waals surface area contributed by atoms with E-state index in [4.69, 9.17) is 17.3 Å². The van der Waals surface area contributed by atoms with Crippen LogP contribution >= 0.6 is 12.2 Å². The maximum absolute atomic E-state index is 12.6. The van der Waals surface area contributed by atoms with Gasteiger partial charge in [0.25, 0.3) is 0 Å². The van der Waals surface area contributed by atoms with Crippen LogP contribution in [0, 0.1) is 4.77 Å². The average molecular weight is 424 g/mol. The van der Waals surface area contributed by atoms with Crippen molar-refractivity contribution in [1.29, 1.82) is 0 Å². The van der Waals surface area contributed by atoms with Gasteiger partial charge >= 0.3 is 0 Å². The number of benzene rings is 1. The zero-order chi connectivity index (χ0) is 21.1. The number of carbonyl (C=O) groups excluding carboxylic acids is 2. The first-order valence-electron chi connectivity index (χ1n) is 10.3. The number of anilines is 1. The van der Waals surface area contributed by atoms with Crippen molar-refractivity contribution in [2.75, 3.05) is 5.32 Å². The zero-order valence-electron chi connectivity index (χ0n) is 17.0. The van der Waals surface area contributed by atoms with Crippen molar-refractivity contribution in [3.05, 3.63) is 65.0 Å². The van der Waals surface area contributed by atoms with E-state index >= 15 is 0 Å². The van der Waals surface area contributed by atoms with Crippen LogP contribution in [0.5, 0.6) is 0 Å². The van der Waals surface area contributed by atoms with Gasteiger partial charge in [0.2, 0.25) is 10.7 Å². The van der Waals surface area contributed by atoms with Crippen molar-refractivity contribution in [2.45, 2.75) is 51.5 Å². The fraction of sp³-hybridized carbons (Fsp3) is 0.364. The molecule has 0 saturated heterocycles. The molecule has 1 aliphatic carbocycles. The van der Waals surface area contributed by atoms with Gasteiger partial charge in [0.05, 0.1) is 0 Å². The molecule has 0 spiro atoms. The molecule has 2 aromatic heterocycles. The lowest BCUT2D eigenvalue weighted by Crippen LogP contribution is -2.20. The van der Waals surface area contributed by atoms with Crippen LogP contribution in [0.15, 0.2) is 48.8 Å².